The number of fused-ring (bicyclic) bond motifs is 1. The second-order valence-corrected chi connectivity index (χ2v) is 6.99. The fourth-order valence-corrected chi connectivity index (χ4v) is 3.73. The van der Waals surface area contributed by atoms with Crippen LogP contribution < -0.4 is 4.90 Å². The molecule has 0 spiro atoms. The van der Waals surface area contributed by atoms with Crippen LogP contribution in [-0.2, 0) is 12.8 Å². The van der Waals surface area contributed by atoms with Crippen LogP contribution in [0.5, 0.6) is 0 Å². The number of hydrogen-bond donors (Lipinski definition) is 0. The van der Waals surface area contributed by atoms with Gasteiger partial charge in [-0.1, -0.05) is 34.7 Å². The zero-order valence-corrected chi connectivity index (χ0v) is 14.3. The molecule has 0 fully saturated rings. The summed E-state index contributed by atoms with van der Waals surface area (Å²) in [5.74, 6) is 0.674. The summed E-state index contributed by atoms with van der Waals surface area (Å²) in [5, 5.41) is 10.7. The molecule has 0 aliphatic carbocycles. The van der Waals surface area contributed by atoms with E-state index in [0.29, 0.717) is 16.3 Å². The van der Waals surface area contributed by atoms with E-state index in [-0.39, 0.29) is 4.92 Å². The molecule has 0 N–H and O–H groups in total. The fourth-order valence-electron chi connectivity index (χ4n) is 2.56. The van der Waals surface area contributed by atoms with Gasteiger partial charge in [0.1, 0.15) is 0 Å². The molecule has 110 valence electrons. The van der Waals surface area contributed by atoms with Crippen LogP contribution in [0.3, 0.4) is 0 Å². The van der Waals surface area contributed by atoms with Gasteiger partial charge in [-0.05, 0) is 23.6 Å². The highest BCUT2D eigenvalue weighted by Crippen LogP contribution is 2.35. The van der Waals surface area contributed by atoms with Crippen molar-refractivity contribution in [3.63, 3.8) is 0 Å². The van der Waals surface area contributed by atoms with Gasteiger partial charge in [0, 0.05) is 42.8 Å². The van der Waals surface area contributed by atoms with Gasteiger partial charge in [-0.25, -0.2) is 0 Å². The molecule has 6 heteroatoms. The van der Waals surface area contributed by atoms with Crippen molar-refractivity contribution in [3.05, 3.63) is 39.4 Å². The van der Waals surface area contributed by atoms with Gasteiger partial charge in [0.15, 0.2) is 0 Å². The summed E-state index contributed by atoms with van der Waals surface area (Å²) in [7, 11) is 0. The Bertz CT molecular complexity index is 498. The maximum absolute atomic E-state index is 10.7. The number of nitro groups is 1. The van der Waals surface area contributed by atoms with Crippen molar-refractivity contribution in [1.82, 2.24) is 0 Å². The van der Waals surface area contributed by atoms with Crippen LogP contribution in [0.15, 0.2) is 18.2 Å². The zero-order chi connectivity index (χ0) is 14.7. The van der Waals surface area contributed by atoms with Gasteiger partial charge >= 0.3 is 0 Å². The van der Waals surface area contributed by atoms with Crippen LogP contribution in [0.4, 0.5) is 5.69 Å². The highest BCUT2D eigenvalue weighted by Gasteiger charge is 2.27. The number of rotatable bonds is 6. The van der Waals surface area contributed by atoms with Crippen LogP contribution in [0, 0.1) is 10.1 Å². The van der Waals surface area contributed by atoms with Gasteiger partial charge < -0.3 is 4.90 Å². The highest BCUT2D eigenvalue weighted by atomic mass is 127. The number of benzene rings is 1. The Hall–Kier alpha value is -0.560. The molecule has 0 radical (unpaired) electrons. The SMILES string of the molecule is CC(Cc1ccc2c(c1)CC(I)N2CCCCl)[N+](=O)[O-]. The lowest BCUT2D eigenvalue weighted by molar-refractivity contribution is -0.517. The van der Waals surface area contributed by atoms with Crippen molar-refractivity contribution in [2.45, 2.75) is 36.3 Å². The van der Waals surface area contributed by atoms with Crippen LogP contribution in [0.1, 0.15) is 24.5 Å². The first-order valence-electron chi connectivity index (χ1n) is 6.75. The first-order valence-corrected chi connectivity index (χ1v) is 8.53. The second-order valence-electron chi connectivity index (χ2n) is 5.18. The van der Waals surface area contributed by atoms with E-state index in [0.717, 1.165) is 24.9 Å². The quantitative estimate of drug-likeness (QED) is 0.237. The molecule has 1 heterocycles. The molecule has 0 bridgehead atoms. The molecule has 2 atom stereocenters. The van der Waals surface area contributed by atoms with Crippen LogP contribution >= 0.6 is 34.2 Å². The minimum Gasteiger partial charge on any atom is -0.359 e. The van der Waals surface area contributed by atoms with E-state index in [1.807, 2.05) is 6.07 Å². The molecule has 0 amide bonds. The molecule has 1 aliphatic heterocycles. The average molecular weight is 409 g/mol. The summed E-state index contributed by atoms with van der Waals surface area (Å²) >= 11 is 8.23. The van der Waals surface area contributed by atoms with Crippen molar-refractivity contribution in [2.24, 2.45) is 0 Å². The lowest BCUT2D eigenvalue weighted by Crippen LogP contribution is -2.28. The average Bonchev–Trinajstić information content (AvgIpc) is 2.71. The Morgan fingerprint density at radius 1 is 1.60 bits per heavy atom. The van der Waals surface area contributed by atoms with E-state index >= 15 is 0 Å². The molecule has 4 nitrogen and oxygen atoms in total. The van der Waals surface area contributed by atoms with Crippen molar-refractivity contribution in [3.8, 4) is 0 Å². The summed E-state index contributed by atoms with van der Waals surface area (Å²) in [4.78, 5) is 12.9. The Kier molecular flexibility index (Phi) is 5.49. The van der Waals surface area contributed by atoms with E-state index in [4.69, 9.17) is 11.6 Å². The maximum Gasteiger partial charge on any atom is 0.214 e. The minimum atomic E-state index is -0.530. The number of anilines is 1. The van der Waals surface area contributed by atoms with E-state index < -0.39 is 6.04 Å². The van der Waals surface area contributed by atoms with Crippen LogP contribution in [-0.4, -0.2) is 27.4 Å². The summed E-state index contributed by atoms with van der Waals surface area (Å²) < 4.78 is 0.453. The summed E-state index contributed by atoms with van der Waals surface area (Å²) in [6.45, 7) is 2.62. The molecule has 20 heavy (non-hydrogen) atoms. The Balaban J connectivity index is 2.13. The summed E-state index contributed by atoms with van der Waals surface area (Å²) in [5.41, 5.74) is 3.61. The van der Waals surface area contributed by atoms with Crippen LogP contribution in [0.25, 0.3) is 0 Å². The van der Waals surface area contributed by atoms with Gasteiger partial charge in [-0.2, -0.15) is 0 Å². The lowest BCUT2D eigenvalue weighted by atomic mass is 10.0. The predicted molar refractivity (Wildman–Crippen MR) is 90.8 cm³/mol. The monoisotopic (exact) mass is 408 g/mol. The van der Waals surface area contributed by atoms with Crippen molar-refractivity contribution >= 4 is 39.9 Å². The molecule has 1 aromatic carbocycles. The molecule has 0 saturated carbocycles. The molecular formula is C14H18ClIN2O2. The first-order chi connectivity index (χ1) is 9.52. The molecular weight excluding hydrogens is 391 g/mol. The Morgan fingerprint density at radius 2 is 2.35 bits per heavy atom. The van der Waals surface area contributed by atoms with E-state index in [1.54, 1.807) is 6.92 Å². The fraction of sp³-hybridized carbons (Fsp3) is 0.571. The third-order valence-corrected chi connectivity index (χ3v) is 4.98. The maximum atomic E-state index is 10.7. The van der Waals surface area contributed by atoms with Gasteiger partial charge in [0.2, 0.25) is 6.04 Å². The van der Waals surface area contributed by atoms with Crippen LogP contribution in [0.2, 0.25) is 0 Å². The number of halogens is 2. The Morgan fingerprint density at radius 3 is 3.00 bits per heavy atom. The summed E-state index contributed by atoms with van der Waals surface area (Å²) in [6.07, 6.45) is 2.47. The molecule has 1 aliphatic rings. The third-order valence-electron chi connectivity index (χ3n) is 3.60. The van der Waals surface area contributed by atoms with Gasteiger partial charge in [0.25, 0.3) is 0 Å². The van der Waals surface area contributed by atoms with Gasteiger partial charge in [-0.3, -0.25) is 10.1 Å². The van der Waals surface area contributed by atoms with E-state index in [2.05, 4.69) is 39.6 Å². The molecule has 2 rings (SSSR count). The molecule has 0 saturated heterocycles. The molecule has 1 aromatic rings. The third kappa shape index (κ3) is 3.55. The topological polar surface area (TPSA) is 46.4 Å². The van der Waals surface area contributed by atoms with Crippen molar-refractivity contribution < 1.29 is 4.92 Å². The lowest BCUT2D eigenvalue weighted by Gasteiger charge is -2.23. The summed E-state index contributed by atoms with van der Waals surface area (Å²) in [6, 6.07) is 5.71. The van der Waals surface area contributed by atoms with E-state index in [1.165, 1.54) is 11.3 Å². The largest absolute Gasteiger partial charge is 0.359 e. The normalized spacial score (nSPS) is 18.9. The van der Waals surface area contributed by atoms with E-state index in [9.17, 15) is 10.1 Å². The number of hydrogen-bond acceptors (Lipinski definition) is 3. The van der Waals surface area contributed by atoms with Gasteiger partial charge in [-0.15, -0.1) is 11.6 Å². The van der Waals surface area contributed by atoms with Crippen molar-refractivity contribution in [1.29, 1.82) is 0 Å². The second kappa shape index (κ2) is 6.93. The predicted octanol–water partition coefficient (Wildman–Crippen LogP) is 3.65. The highest BCUT2D eigenvalue weighted by molar-refractivity contribution is 14.1. The molecule has 0 aromatic heterocycles. The first kappa shape index (κ1) is 15.8. The number of nitrogens with zero attached hydrogens (tertiary/aromatic N) is 2. The Labute approximate surface area is 137 Å². The minimum absolute atomic E-state index is 0.221. The number of alkyl halides is 2. The van der Waals surface area contributed by atoms with Crippen molar-refractivity contribution in [2.75, 3.05) is 17.3 Å². The standard InChI is InChI=1S/C14H18ClIN2O2/c1-10(18(19)20)7-11-3-4-13-12(8-11)9-14(16)17(13)6-2-5-15/h3-4,8,10,14H,2,5-7,9H2,1H3. The van der Waals surface area contributed by atoms with Gasteiger partial charge in [0.05, 0.1) is 4.05 Å². The smallest absolute Gasteiger partial charge is 0.214 e. The molecule has 2 unspecified atom stereocenters. The zero-order valence-electron chi connectivity index (χ0n) is 11.4.